The van der Waals surface area contributed by atoms with E-state index in [2.05, 4.69) is 30.4 Å². The molecule has 1 aliphatic rings. The summed E-state index contributed by atoms with van der Waals surface area (Å²) >= 11 is 0. The fourth-order valence-electron chi connectivity index (χ4n) is 1.91. The predicted octanol–water partition coefficient (Wildman–Crippen LogP) is 0.847. The molecule has 2 aromatic rings. The van der Waals surface area contributed by atoms with Gasteiger partial charge in [-0.1, -0.05) is 0 Å². The molecule has 0 amide bonds. The number of anilines is 3. The highest BCUT2D eigenvalue weighted by molar-refractivity contribution is 5.57. The molecule has 2 aromatic heterocycles. The molecule has 1 aliphatic heterocycles. The fourth-order valence-corrected chi connectivity index (χ4v) is 1.91. The van der Waals surface area contributed by atoms with Crippen molar-refractivity contribution in [2.24, 2.45) is 0 Å². The predicted molar refractivity (Wildman–Crippen MR) is 70.4 cm³/mol. The van der Waals surface area contributed by atoms with Crippen molar-refractivity contribution in [2.45, 2.75) is 0 Å². The maximum atomic E-state index is 5.34. The number of nitrogens with zero attached hydrogens (tertiary/aromatic N) is 5. The standard InChI is InChI=1S/C12H14N6O/c1-2-14-12(9-13-1)16-11-7-10(8-15-17-11)18-3-5-19-6-4-18/h1-2,7-9H,3-6H2,(H,14,16,17). The van der Waals surface area contributed by atoms with Crippen LogP contribution in [0.4, 0.5) is 17.3 Å². The van der Waals surface area contributed by atoms with Gasteiger partial charge in [-0.05, 0) is 0 Å². The first-order valence-electron chi connectivity index (χ1n) is 6.10. The van der Waals surface area contributed by atoms with Crippen molar-refractivity contribution in [1.82, 2.24) is 20.2 Å². The molecule has 1 fully saturated rings. The molecule has 3 rings (SSSR count). The number of morpholine rings is 1. The second-order valence-corrected chi connectivity index (χ2v) is 4.11. The summed E-state index contributed by atoms with van der Waals surface area (Å²) in [7, 11) is 0. The number of aromatic nitrogens is 4. The number of rotatable bonds is 3. The van der Waals surface area contributed by atoms with Crippen molar-refractivity contribution in [3.05, 3.63) is 30.9 Å². The summed E-state index contributed by atoms with van der Waals surface area (Å²) < 4.78 is 5.34. The van der Waals surface area contributed by atoms with E-state index < -0.39 is 0 Å². The van der Waals surface area contributed by atoms with Gasteiger partial charge in [-0.2, -0.15) is 5.10 Å². The van der Waals surface area contributed by atoms with Gasteiger partial charge in [-0.3, -0.25) is 4.98 Å². The van der Waals surface area contributed by atoms with Gasteiger partial charge >= 0.3 is 0 Å². The quantitative estimate of drug-likeness (QED) is 0.874. The van der Waals surface area contributed by atoms with E-state index in [4.69, 9.17) is 4.74 Å². The number of hydrogen-bond acceptors (Lipinski definition) is 7. The second kappa shape index (κ2) is 5.57. The molecule has 0 bridgehead atoms. The van der Waals surface area contributed by atoms with Gasteiger partial charge in [0.2, 0.25) is 0 Å². The van der Waals surface area contributed by atoms with Gasteiger partial charge in [0.15, 0.2) is 5.82 Å². The van der Waals surface area contributed by atoms with Crippen LogP contribution in [0.1, 0.15) is 0 Å². The van der Waals surface area contributed by atoms with Crippen LogP contribution in [0.25, 0.3) is 0 Å². The van der Waals surface area contributed by atoms with Gasteiger partial charge in [0.05, 0.1) is 31.3 Å². The first-order valence-corrected chi connectivity index (χ1v) is 6.10. The lowest BCUT2D eigenvalue weighted by Crippen LogP contribution is -2.36. The maximum absolute atomic E-state index is 5.34. The largest absolute Gasteiger partial charge is 0.378 e. The Morgan fingerprint density at radius 3 is 2.79 bits per heavy atom. The summed E-state index contributed by atoms with van der Waals surface area (Å²) in [6.07, 6.45) is 6.65. The summed E-state index contributed by atoms with van der Waals surface area (Å²) in [5.41, 5.74) is 1.03. The Hall–Kier alpha value is -2.28. The van der Waals surface area contributed by atoms with Crippen molar-refractivity contribution >= 4 is 17.3 Å². The molecule has 1 N–H and O–H groups in total. The van der Waals surface area contributed by atoms with Crippen molar-refractivity contribution in [3.8, 4) is 0 Å². The summed E-state index contributed by atoms with van der Waals surface area (Å²) in [6.45, 7) is 3.23. The van der Waals surface area contributed by atoms with Crippen molar-refractivity contribution in [3.63, 3.8) is 0 Å². The highest BCUT2D eigenvalue weighted by Gasteiger charge is 2.12. The van der Waals surface area contributed by atoms with Crippen LogP contribution in [0.3, 0.4) is 0 Å². The van der Waals surface area contributed by atoms with Gasteiger partial charge < -0.3 is 15.0 Å². The summed E-state index contributed by atoms with van der Waals surface area (Å²) in [4.78, 5) is 10.4. The molecule has 1 saturated heterocycles. The second-order valence-electron chi connectivity index (χ2n) is 4.11. The molecule has 3 heterocycles. The van der Waals surface area contributed by atoms with Gasteiger partial charge in [-0.15, -0.1) is 5.10 Å². The van der Waals surface area contributed by atoms with Crippen molar-refractivity contribution < 1.29 is 4.74 Å². The van der Waals surface area contributed by atoms with Crippen LogP contribution in [-0.2, 0) is 4.74 Å². The van der Waals surface area contributed by atoms with E-state index >= 15 is 0 Å². The normalized spacial score (nSPS) is 15.3. The minimum atomic E-state index is 0.649. The summed E-state index contributed by atoms with van der Waals surface area (Å²) in [6, 6.07) is 1.95. The summed E-state index contributed by atoms with van der Waals surface area (Å²) in [5.74, 6) is 1.31. The smallest absolute Gasteiger partial charge is 0.156 e. The van der Waals surface area contributed by atoms with Crippen molar-refractivity contribution in [1.29, 1.82) is 0 Å². The summed E-state index contributed by atoms with van der Waals surface area (Å²) in [5, 5.41) is 11.1. The van der Waals surface area contributed by atoms with E-state index in [0.717, 1.165) is 32.0 Å². The molecule has 7 nitrogen and oxygen atoms in total. The molecule has 98 valence electrons. The third kappa shape index (κ3) is 2.94. The lowest BCUT2D eigenvalue weighted by atomic mass is 10.3. The van der Waals surface area contributed by atoms with E-state index in [1.54, 1.807) is 24.8 Å². The lowest BCUT2D eigenvalue weighted by Gasteiger charge is -2.28. The Kier molecular flexibility index (Phi) is 3.46. The number of hydrogen-bond donors (Lipinski definition) is 1. The molecule has 0 saturated carbocycles. The zero-order valence-electron chi connectivity index (χ0n) is 10.4. The van der Waals surface area contributed by atoms with Gasteiger partial charge in [0.25, 0.3) is 0 Å². The minimum Gasteiger partial charge on any atom is -0.378 e. The fraction of sp³-hybridized carbons (Fsp3) is 0.333. The topological polar surface area (TPSA) is 76.1 Å². The lowest BCUT2D eigenvalue weighted by molar-refractivity contribution is 0.122. The maximum Gasteiger partial charge on any atom is 0.156 e. The van der Waals surface area contributed by atoms with Crippen LogP contribution in [0.5, 0.6) is 0 Å². The molecule has 0 radical (unpaired) electrons. The molecule has 7 heteroatoms. The van der Waals surface area contributed by atoms with E-state index in [-0.39, 0.29) is 0 Å². The van der Waals surface area contributed by atoms with Gasteiger partial charge in [-0.25, -0.2) is 4.98 Å². The zero-order chi connectivity index (χ0) is 12.9. The Bertz CT molecular complexity index is 529. The molecule has 0 aliphatic carbocycles. The number of ether oxygens (including phenoxy) is 1. The average Bonchev–Trinajstić information content (AvgIpc) is 2.49. The van der Waals surface area contributed by atoms with Crippen LogP contribution >= 0.6 is 0 Å². The Balaban J connectivity index is 1.76. The van der Waals surface area contributed by atoms with Gasteiger partial charge in [0, 0.05) is 31.5 Å². The Labute approximate surface area is 110 Å². The van der Waals surface area contributed by atoms with E-state index in [0.29, 0.717) is 11.6 Å². The van der Waals surface area contributed by atoms with Crippen LogP contribution in [-0.4, -0.2) is 46.5 Å². The molecule has 0 spiro atoms. The Morgan fingerprint density at radius 1 is 1.11 bits per heavy atom. The first-order chi connectivity index (χ1) is 9.42. The molecular formula is C12H14N6O. The minimum absolute atomic E-state index is 0.649. The first kappa shape index (κ1) is 11.8. The Morgan fingerprint density at radius 2 is 2.00 bits per heavy atom. The van der Waals surface area contributed by atoms with Crippen LogP contribution < -0.4 is 10.2 Å². The molecule has 19 heavy (non-hydrogen) atoms. The van der Waals surface area contributed by atoms with Crippen LogP contribution in [0.15, 0.2) is 30.9 Å². The van der Waals surface area contributed by atoms with Crippen LogP contribution in [0, 0.1) is 0 Å². The van der Waals surface area contributed by atoms with Crippen LogP contribution in [0.2, 0.25) is 0 Å². The van der Waals surface area contributed by atoms with Crippen molar-refractivity contribution in [2.75, 3.05) is 36.5 Å². The molecule has 0 aromatic carbocycles. The molecule has 0 atom stereocenters. The highest BCUT2D eigenvalue weighted by atomic mass is 16.5. The monoisotopic (exact) mass is 258 g/mol. The SMILES string of the molecule is c1cnc(Nc2cc(N3CCOCC3)cnn2)cn1. The molecule has 0 unspecified atom stereocenters. The van der Waals surface area contributed by atoms with E-state index in [9.17, 15) is 0 Å². The number of nitrogens with one attached hydrogen (secondary N) is 1. The third-order valence-electron chi connectivity index (χ3n) is 2.84. The molecular weight excluding hydrogens is 244 g/mol. The third-order valence-corrected chi connectivity index (χ3v) is 2.84. The van der Waals surface area contributed by atoms with E-state index in [1.165, 1.54) is 0 Å². The van der Waals surface area contributed by atoms with Gasteiger partial charge in [0.1, 0.15) is 5.82 Å². The van der Waals surface area contributed by atoms with E-state index in [1.807, 2.05) is 6.07 Å². The average molecular weight is 258 g/mol. The highest BCUT2D eigenvalue weighted by Crippen LogP contribution is 2.18. The zero-order valence-corrected chi connectivity index (χ0v) is 10.4.